The van der Waals surface area contributed by atoms with E-state index in [1.54, 1.807) is 0 Å². The molecule has 2 rings (SSSR count). The number of hydrogen-bond acceptors (Lipinski definition) is 2. The number of allylic oxidation sites excluding steroid dienone is 1. The first-order chi connectivity index (χ1) is 8.49. The van der Waals surface area contributed by atoms with Gasteiger partial charge in [0.25, 0.3) is 0 Å². The lowest BCUT2D eigenvalue weighted by Gasteiger charge is -2.22. The summed E-state index contributed by atoms with van der Waals surface area (Å²) in [6, 6.07) is 7.38. The molecule has 0 amide bonds. The first kappa shape index (κ1) is 13.0. The second-order valence-electron chi connectivity index (χ2n) is 5.85. The Balaban J connectivity index is 2.28. The van der Waals surface area contributed by atoms with Crippen LogP contribution < -0.4 is 9.47 Å². The molecular weight excluding hydrogens is 240 g/mol. The Morgan fingerprint density at radius 3 is 2.72 bits per heavy atom. The van der Waals surface area contributed by atoms with Gasteiger partial charge in [0.15, 0.2) is 11.5 Å². The fourth-order valence-electron chi connectivity index (χ4n) is 2.22. The molecule has 1 aliphatic rings. The topological polar surface area (TPSA) is 18.5 Å². The highest BCUT2D eigenvalue weighted by molar-refractivity contribution is 6.76. The molecule has 1 aromatic carbocycles. The summed E-state index contributed by atoms with van der Waals surface area (Å²) in [5.41, 5.74) is 4.19. The summed E-state index contributed by atoms with van der Waals surface area (Å²) >= 11 is 0. The Bertz CT molecular complexity index is 482. The second-order valence-corrected chi connectivity index (χ2v) is 11.4. The summed E-state index contributed by atoms with van der Waals surface area (Å²) in [5.74, 6) is 2.07. The predicted octanol–water partition coefficient (Wildman–Crippen LogP) is 4.18. The van der Waals surface area contributed by atoms with Crippen LogP contribution in [-0.2, 0) is 0 Å². The van der Waals surface area contributed by atoms with Crippen molar-refractivity contribution in [2.24, 2.45) is 0 Å². The van der Waals surface area contributed by atoms with Gasteiger partial charge in [-0.1, -0.05) is 32.3 Å². The largest absolute Gasteiger partial charge is 0.454 e. The van der Waals surface area contributed by atoms with Crippen LogP contribution in [0.15, 0.2) is 36.6 Å². The van der Waals surface area contributed by atoms with E-state index >= 15 is 0 Å². The van der Waals surface area contributed by atoms with E-state index in [1.807, 2.05) is 6.07 Å². The highest BCUT2D eigenvalue weighted by atomic mass is 28.3. The van der Waals surface area contributed by atoms with E-state index in [1.165, 1.54) is 11.6 Å². The second kappa shape index (κ2) is 5.05. The molecule has 3 heteroatoms. The molecule has 2 nitrogen and oxygen atoms in total. The van der Waals surface area contributed by atoms with Crippen LogP contribution in [0.1, 0.15) is 11.5 Å². The molecule has 0 aromatic heterocycles. The van der Waals surface area contributed by atoms with Crippen molar-refractivity contribution in [2.75, 3.05) is 6.79 Å². The summed E-state index contributed by atoms with van der Waals surface area (Å²) in [7, 11) is -1.14. The van der Waals surface area contributed by atoms with Gasteiger partial charge in [-0.05, 0) is 29.8 Å². The van der Waals surface area contributed by atoms with Crippen LogP contribution in [0.4, 0.5) is 0 Å². The van der Waals surface area contributed by atoms with Gasteiger partial charge in [0.2, 0.25) is 6.79 Å². The van der Waals surface area contributed by atoms with E-state index in [-0.39, 0.29) is 0 Å². The summed E-state index contributed by atoms with van der Waals surface area (Å²) in [5, 5.41) is 0. The first-order valence-corrected chi connectivity index (χ1v) is 9.96. The lowest BCUT2D eigenvalue weighted by Crippen LogP contribution is -2.22. The Labute approximate surface area is 110 Å². The Morgan fingerprint density at radius 2 is 2.06 bits per heavy atom. The molecular formula is C15H20O2Si. The molecule has 0 spiro atoms. The average Bonchev–Trinajstić information content (AvgIpc) is 2.73. The van der Waals surface area contributed by atoms with Crippen molar-refractivity contribution in [3.63, 3.8) is 0 Å². The fraction of sp³-hybridized carbons (Fsp3) is 0.400. The molecule has 0 saturated carbocycles. The number of fused-ring (bicyclic) bond motifs is 1. The summed E-state index contributed by atoms with van der Waals surface area (Å²) in [6.45, 7) is 11.2. The number of hydrogen-bond donors (Lipinski definition) is 0. The van der Waals surface area contributed by atoms with E-state index in [4.69, 9.17) is 9.47 Å². The maximum Gasteiger partial charge on any atom is 0.231 e. The van der Waals surface area contributed by atoms with Crippen LogP contribution in [0.5, 0.6) is 11.5 Å². The van der Waals surface area contributed by atoms with Crippen LogP contribution >= 0.6 is 0 Å². The molecule has 1 aliphatic heterocycles. The average molecular weight is 260 g/mol. The standard InChI is InChI=1S/C15H20O2Si/c1-5-6-13(10-18(2,3)4)12-7-8-14-15(9-12)17-11-16-14/h6-9,13H,1,10-11H2,2-4H3. The van der Waals surface area contributed by atoms with Crippen LogP contribution in [0, 0.1) is 0 Å². The van der Waals surface area contributed by atoms with E-state index in [0.717, 1.165) is 11.5 Å². The van der Waals surface area contributed by atoms with E-state index in [9.17, 15) is 0 Å². The highest BCUT2D eigenvalue weighted by Gasteiger charge is 2.22. The summed E-state index contributed by atoms with van der Waals surface area (Å²) in [4.78, 5) is 0. The molecule has 0 fully saturated rings. The van der Waals surface area contributed by atoms with Gasteiger partial charge in [-0.25, -0.2) is 0 Å². The summed E-state index contributed by atoms with van der Waals surface area (Å²) < 4.78 is 10.8. The monoisotopic (exact) mass is 260 g/mol. The van der Waals surface area contributed by atoms with Crippen molar-refractivity contribution in [2.45, 2.75) is 31.6 Å². The zero-order valence-electron chi connectivity index (χ0n) is 11.3. The van der Waals surface area contributed by atoms with Crippen LogP contribution in [0.3, 0.4) is 0 Å². The van der Waals surface area contributed by atoms with Crippen molar-refractivity contribution in [1.82, 2.24) is 0 Å². The third-order valence-electron chi connectivity index (χ3n) is 2.98. The minimum Gasteiger partial charge on any atom is -0.454 e. The molecule has 1 unspecified atom stereocenters. The quantitative estimate of drug-likeness (QED) is 0.597. The van der Waals surface area contributed by atoms with Crippen LogP contribution in [-0.4, -0.2) is 14.9 Å². The molecule has 0 radical (unpaired) electrons. The molecule has 0 saturated heterocycles. The van der Waals surface area contributed by atoms with Crippen LogP contribution in [0.25, 0.3) is 0 Å². The number of ether oxygens (including phenoxy) is 2. The van der Waals surface area contributed by atoms with Gasteiger partial charge in [-0.2, -0.15) is 0 Å². The first-order valence-electron chi connectivity index (χ1n) is 6.25. The third kappa shape index (κ3) is 3.06. The third-order valence-corrected chi connectivity index (χ3v) is 4.64. The molecule has 0 aliphatic carbocycles. The van der Waals surface area contributed by atoms with Gasteiger partial charge >= 0.3 is 0 Å². The lowest BCUT2D eigenvalue weighted by atomic mass is 10.0. The van der Waals surface area contributed by atoms with Crippen molar-refractivity contribution in [3.8, 4) is 11.5 Å². The molecule has 1 atom stereocenters. The van der Waals surface area contributed by atoms with Crippen molar-refractivity contribution >= 4 is 8.07 Å². The smallest absolute Gasteiger partial charge is 0.231 e. The molecule has 1 heterocycles. The Morgan fingerprint density at radius 1 is 1.33 bits per heavy atom. The van der Waals surface area contributed by atoms with Crippen LogP contribution in [0.2, 0.25) is 25.7 Å². The number of rotatable bonds is 4. The lowest BCUT2D eigenvalue weighted by molar-refractivity contribution is 0.174. The molecule has 1 aromatic rings. The zero-order chi connectivity index (χ0) is 13.2. The molecule has 96 valence electrons. The maximum atomic E-state index is 5.44. The van der Waals surface area contributed by atoms with E-state index < -0.39 is 8.07 Å². The van der Waals surface area contributed by atoms with Gasteiger partial charge in [0.1, 0.15) is 0 Å². The minimum absolute atomic E-state index is 0.328. The molecule has 18 heavy (non-hydrogen) atoms. The van der Waals surface area contributed by atoms with Crippen molar-refractivity contribution in [3.05, 3.63) is 42.1 Å². The minimum atomic E-state index is -1.14. The van der Waals surface area contributed by atoms with E-state index in [0.29, 0.717) is 12.7 Å². The normalized spacial score (nSPS) is 15.1. The van der Waals surface area contributed by atoms with E-state index in [2.05, 4.69) is 50.2 Å². The zero-order valence-corrected chi connectivity index (χ0v) is 12.3. The van der Waals surface area contributed by atoms with Gasteiger partial charge < -0.3 is 9.47 Å². The van der Waals surface area contributed by atoms with Crippen molar-refractivity contribution in [1.29, 1.82) is 0 Å². The van der Waals surface area contributed by atoms with Crippen molar-refractivity contribution < 1.29 is 9.47 Å². The van der Waals surface area contributed by atoms with Gasteiger partial charge in [0.05, 0.1) is 0 Å². The SMILES string of the molecule is C=C=CC(C[Si](C)(C)C)c1ccc2c(c1)OCO2. The summed E-state index contributed by atoms with van der Waals surface area (Å²) in [6.07, 6.45) is 2.07. The van der Waals surface area contributed by atoms with Gasteiger partial charge in [0, 0.05) is 14.0 Å². The Kier molecular flexibility index (Phi) is 3.65. The predicted molar refractivity (Wildman–Crippen MR) is 77.2 cm³/mol. The maximum absolute atomic E-state index is 5.44. The number of benzene rings is 1. The Hall–Kier alpha value is -1.44. The highest BCUT2D eigenvalue weighted by Crippen LogP contribution is 2.37. The fourth-order valence-corrected chi connectivity index (χ4v) is 3.89. The van der Waals surface area contributed by atoms with Gasteiger partial charge in [-0.3, -0.25) is 0 Å². The molecule has 0 N–H and O–H groups in total. The molecule has 0 bridgehead atoms. The van der Waals surface area contributed by atoms with Gasteiger partial charge in [-0.15, -0.1) is 5.73 Å².